The van der Waals surface area contributed by atoms with Crippen LogP contribution < -0.4 is 4.80 Å². The number of nitrogens with zero attached hydrogens (tertiary/aromatic N) is 3. The lowest BCUT2D eigenvalue weighted by atomic mass is 10.2. The molecule has 0 aliphatic carbocycles. The minimum atomic E-state index is -4.40. The second-order valence-electron chi connectivity index (χ2n) is 6.31. The molecule has 0 radical (unpaired) electrons. The van der Waals surface area contributed by atoms with Gasteiger partial charge in [0.2, 0.25) is 0 Å². The molecule has 0 aliphatic rings. The molecule has 2 rings (SSSR count). The number of halogens is 3. The quantitative estimate of drug-likeness (QED) is 0.542. The number of hydrogen-bond donors (Lipinski definition) is 0. The molecular formula is C20H26F3N3O3S. The Morgan fingerprint density at radius 2 is 1.67 bits per heavy atom. The second-order valence-corrected chi connectivity index (χ2v) is 7.53. The van der Waals surface area contributed by atoms with Crippen LogP contribution in [0.3, 0.4) is 0 Å². The van der Waals surface area contributed by atoms with Crippen LogP contribution in [-0.2, 0) is 15.7 Å². The van der Waals surface area contributed by atoms with Crippen molar-refractivity contribution in [3.8, 4) is 5.69 Å². The zero-order valence-electron chi connectivity index (χ0n) is 17.2. The predicted octanol–water partition coefficient (Wildman–Crippen LogP) is 4.26. The van der Waals surface area contributed by atoms with Gasteiger partial charge in [0.1, 0.15) is 0 Å². The van der Waals surface area contributed by atoms with Crippen molar-refractivity contribution in [2.45, 2.75) is 26.9 Å². The molecule has 1 aromatic heterocycles. The highest BCUT2D eigenvalue weighted by molar-refractivity contribution is 7.09. The zero-order chi connectivity index (χ0) is 22.1. The normalized spacial score (nSPS) is 12.4. The van der Waals surface area contributed by atoms with Gasteiger partial charge in [-0.1, -0.05) is 0 Å². The number of thiazole rings is 1. The summed E-state index contributed by atoms with van der Waals surface area (Å²) in [5, 5.41) is 0. The Labute approximate surface area is 177 Å². The first-order valence-corrected chi connectivity index (χ1v) is 10.4. The van der Waals surface area contributed by atoms with Crippen LogP contribution in [0.2, 0.25) is 0 Å². The fraction of sp³-hybridized carbons (Fsp3) is 0.500. The van der Waals surface area contributed by atoms with Gasteiger partial charge in [-0.3, -0.25) is 4.57 Å². The average Bonchev–Trinajstić information content (AvgIpc) is 3.06. The monoisotopic (exact) mass is 445 g/mol. The topological polar surface area (TPSA) is 56.1 Å². The Bertz CT molecular complexity index is 866. The Kier molecular flexibility index (Phi) is 9.07. The number of urea groups is 1. The molecule has 2 aromatic rings. The lowest BCUT2D eigenvalue weighted by Gasteiger charge is -2.20. The molecule has 10 heteroatoms. The van der Waals surface area contributed by atoms with Crippen LogP contribution in [0.5, 0.6) is 0 Å². The molecule has 0 spiro atoms. The number of amides is 2. The van der Waals surface area contributed by atoms with Gasteiger partial charge in [0.25, 0.3) is 0 Å². The van der Waals surface area contributed by atoms with Gasteiger partial charge in [0.05, 0.1) is 18.8 Å². The number of aromatic nitrogens is 1. The van der Waals surface area contributed by atoms with E-state index in [1.807, 2.05) is 20.8 Å². The number of rotatable bonds is 9. The van der Waals surface area contributed by atoms with Crippen molar-refractivity contribution >= 4 is 17.4 Å². The molecule has 166 valence electrons. The van der Waals surface area contributed by atoms with E-state index in [2.05, 4.69) is 4.99 Å². The van der Waals surface area contributed by atoms with E-state index in [-0.39, 0.29) is 0 Å². The van der Waals surface area contributed by atoms with Crippen molar-refractivity contribution in [3.63, 3.8) is 0 Å². The van der Waals surface area contributed by atoms with E-state index in [9.17, 15) is 18.0 Å². The molecule has 0 saturated heterocycles. The lowest BCUT2D eigenvalue weighted by Crippen LogP contribution is -2.36. The largest absolute Gasteiger partial charge is 0.416 e. The van der Waals surface area contributed by atoms with Crippen molar-refractivity contribution in [2.75, 3.05) is 39.5 Å². The summed E-state index contributed by atoms with van der Waals surface area (Å²) < 4.78 is 50.8. The summed E-state index contributed by atoms with van der Waals surface area (Å²) in [6, 6.07) is 4.30. The van der Waals surface area contributed by atoms with E-state index in [4.69, 9.17) is 9.47 Å². The summed E-state index contributed by atoms with van der Waals surface area (Å²) in [5.41, 5.74) is -0.236. The fourth-order valence-electron chi connectivity index (χ4n) is 2.62. The Morgan fingerprint density at radius 3 is 2.17 bits per heavy atom. The first kappa shape index (κ1) is 24.1. The van der Waals surface area contributed by atoms with Crippen molar-refractivity contribution in [1.82, 2.24) is 9.47 Å². The van der Waals surface area contributed by atoms with Gasteiger partial charge in [-0.25, -0.2) is 4.79 Å². The van der Waals surface area contributed by atoms with Gasteiger partial charge in [0, 0.05) is 43.1 Å². The molecule has 0 saturated carbocycles. The number of carbonyl (C=O) groups is 1. The van der Waals surface area contributed by atoms with Crippen LogP contribution >= 0.6 is 11.3 Å². The van der Waals surface area contributed by atoms with Gasteiger partial charge in [-0.15, -0.1) is 11.3 Å². The number of alkyl halides is 3. The molecule has 1 heterocycles. The highest BCUT2D eigenvalue weighted by Gasteiger charge is 2.30. The summed E-state index contributed by atoms with van der Waals surface area (Å²) in [5.74, 6) is 0. The van der Waals surface area contributed by atoms with E-state index in [1.165, 1.54) is 28.4 Å². The van der Waals surface area contributed by atoms with Crippen LogP contribution in [0, 0.1) is 6.92 Å². The van der Waals surface area contributed by atoms with Crippen LogP contribution in [0.15, 0.2) is 35.5 Å². The van der Waals surface area contributed by atoms with E-state index >= 15 is 0 Å². The fourth-order valence-corrected chi connectivity index (χ4v) is 3.45. The van der Waals surface area contributed by atoms with Crippen LogP contribution in [0.1, 0.15) is 24.3 Å². The van der Waals surface area contributed by atoms with Crippen molar-refractivity contribution in [1.29, 1.82) is 0 Å². The Hall–Kier alpha value is -2.17. The summed E-state index contributed by atoms with van der Waals surface area (Å²) in [6.07, 6.45) is -2.66. The first-order valence-electron chi connectivity index (χ1n) is 9.62. The van der Waals surface area contributed by atoms with E-state index in [0.29, 0.717) is 50.0 Å². The number of carbonyl (C=O) groups excluding carboxylic acids is 1. The third-order valence-corrected chi connectivity index (χ3v) is 5.02. The lowest BCUT2D eigenvalue weighted by molar-refractivity contribution is -0.137. The second kappa shape index (κ2) is 11.3. The number of aryl methyl sites for hydroxylation is 1. The third-order valence-electron chi connectivity index (χ3n) is 4.12. The molecule has 2 amide bonds. The highest BCUT2D eigenvalue weighted by Crippen LogP contribution is 2.29. The van der Waals surface area contributed by atoms with Gasteiger partial charge >= 0.3 is 12.2 Å². The molecule has 1 aromatic carbocycles. The maximum Gasteiger partial charge on any atom is 0.416 e. The summed E-state index contributed by atoms with van der Waals surface area (Å²) in [7, 11) is 0. The minimum Gasteiger partial charge on any atom is -0.380 e. The molecule has 6 nitrogen and oxygen atoms in total. The molecule has 0 N–H and O–H groups in total. The summed E-state index contributed by atoms with van der Waals surface area (Å²) in [4.78, 5) is 19.8. The zero-order valence-corrected chi connectivity index (χ0v) is 18.1. The van der Waals surface area contributed by atoms with Crippen LogP contribution in [0.25, 0.3) is 5.69 Å². The van der Waals surface area contributed by atoms with Crippen molar-refractivity contribution in [2.24, 2.45) is 4.99 Å². The van der Waals surface area contributed by atoms with Gasteiger partial charge in [-0.05, 0) is 45.0 Å². The maximum absolute atomic E-state index is 12.8. The third kappa shape index (κ3) is 6.96. The number of ether oxygens (including phenoxy) is 2. The first-order chi connectivity index (χ1) is 14.3. The van der Waals surface area contributed by atoms with Crippen LogP contribution in [-0.4, -0.2) is 55.0 Å². The van der Waals surface area contributed by atoms with E-state index in [0.717, 1.165) is 17.0 Å². The summed E-state index contributed by atoms with van der Waals surface area (Å²) >= 11 is 1.29. The number of benzene rings is 1. The summed E-state index contributed by atoms with van der Waals surface area (Å²) in [6.45, 7) is 8.18. The van der Waals surface area contributed by atoms with Gasteiger partial charge in [0.15, 0.2) is 4.80 Å². The molecule has 0 aliphatic heterocycles. The maximum atomic E-state index is 12.8. The van der Waals surface area contributed by atoms with E-state index < -0.39 is 17.8 Å². The standard InChI is InChI=1S/C20H26F3N3O3S/c1-4-28-12-10-25(11-13-29-5-2)18(27)24-19-26(14-15(3)30-19)17-8-6-16(7-9-17)20(21,22)23/h6-9,14H,4-5,10-13H2,1-3H3/b24-19-. The van der Waals surface area contributed by atoms with Crippen molar-refractivity contribution < 1.29 is 27.4 Å². The molecular weight excluding hydrogens is 419 g/mol. The smallest absolute Gasteiger partial charge is 0.380 e. The predicted molar refractivity (Wildman–Crippen MR) is 109 cm³/mol. The van der Waals surface area contributed by atoms with Crippen molar-refractivity contribution in [3.05, 3.63) is 45.7 Å². The SMILES string of the molecule is CCOCCN(CCOCC)C(=O)/N=c1\sc(C)cn1-c1ccc(C(F)(F)F)cc1. The molecule has 0 bridgehead atoms. The van der Waals surface area contributed by atoms with E-state index in [1.54, 1.807) is 10.8 Å². The van der Waals surface area contributed by atoms with Crippen LogP contribution in [0.4, 0.5) is 18.0 Å². The average molecular weight is 446 g/mol. The molecule has 0 atom stereocenters. The van der Waals surface area contributed by atoms with Gasteiger partial charge in [-0.2, -0.15) is 18.2 Å². The number of hydrogen-bond acceptors (Lipinski definition) is 4. The minimum absolute atomic E-state index is 0.369. The Balaban J connectivity index is 2.29. The highest BCUT2D eigenvalue weighted by atomic mass is 32.1. The molecule has 0 unspecified atom stereocenters. The molecule has 30 heavy (non-hydrogen) atoms. The molecule has 0 fully saturated rings. The Morgan fingerprint density at radius 1 is 1.10 bits per heavy atom. The van der Waals surface area contributed by atoms with Gasteiger partial charge < -0.3 is 14.4 Å².